The number of nitro benzene ring substituents is 1. The van der Waals surface area contributed by atoms with Crippen LogP contribution in [0.3, 0.4) is 0 Å². The first-order valence-corrected chi connectivity index (χ1v) is 8.88. The van der Waals surface area contributed by atoms with Gasteiger partial charge in [0.15, 0.2) is 0 Å². The molecule has 1 N–H and O–H groups in total. The number of fused-ring (bicyclic) bond motifs is 1. The summed E-state index contributed by atoms with van der Waals surface area (Å²) in [5, 5.41) is 13.8. The van der Waals surface area contributed by atoms with Gasteiger partial charge in [-0.15, -0.1) is 0 Å². The molecule has 0 bridgehead atoms. The van der Waals surface area contributed by atoms with Gasteiger partial charge < -0.3 is 14.5 Å². The van der Waals surface area contributed by atoms with Gasteiger partial charge in [-0.2, -0.15) is 0 Å². The van der Waals surface area contributed by atoms with Crippen molar-refractivity contribution in [2.24, 2.45) is 0 Å². The Morgan fingerprint density at radius 2 is 2.00 bits per heavy atom. The van der Waals surface area contributed by atoms with Crippen LogP contribution in [0, 0.1) is 10.1 Å². The van der Waals surface area contributed by atoms with E-state index in [2.05, 4.69) is 5.32 Å². The van der Waals surface area contributed by atoms with Crippen molar-refractivity contribution in [1.29, 1.82) is 0 Å². The molecule has 3 aromatic rings. The Labute approximate surface area is 169 Å². The molecule has 1 heterocycles. The van der Waals surface area contributed by atoms with Crippen molar-refractivity contribution in [3.05, 3.63) is 86.3 Å². The van der Waals surface area contributed by atoms with E-state index >= 15 is 0 Å². The maximum Gasteiger partial charge on any atom is 0.349 e. The summed E-state index contributed by atoms with van der Waals surface area (Å²) < 4.78 is 10.3. The molecule has 0 aliphatic heterocycles. The maximum atomic E-state index is 12.0. The van der Waals surface area contributed by atoms with E-state index in [0.29, 0.717) is 17.5 Å². The normalized spacial score (nSPS) is 10.8. The molecule has 9 heteroatoms. The molecule has 1 aromatic heterocycles. The van der Waals surface area contributed by atoms with Crippen LogP contribution in [0.4, 0.5) is 5.69 Å². The second-order valence-corrected chi connectivity index (χ2v) is 6.11. The second kappa shape index (κ2) is 8.82. The summed E-state index contributed by atoms with van der Waals surface area (Å²) >= 11 is 0. The van der Waals surface area contributed by atoms with Gasteiger partial charge in [0.1, 0.15) is 16.9 Å². The fourth-order valence-electron chi connectivity index (χ4n) is 2.63. The summed E-state index contributed by atoms with van der Waals surface area (Å²) in [6, 6.07) is 11.6. The number of non-ortho nitro benzene ring substituents is 1. The molecule has 0 atom stereocenters. The average Bonchev–Trinajstić information content (AvgIpc) is 2.72. The maximum absolute atomic E-state index is 12.0. The second-order valence-electron chi connectivity index (χ2n) is 6.11. The number of carbonyl (C=O) groups excluding carboxylic acids is 2. The first-order chi connectivity index (χ1) is 14.4. The SMILES string of the molecule is CCNC(=O)c1cc2ccc(OC(=O)/C=C/c3cccc([N+](=O)[O-])c3)cc2oc1=O. The lowest BCUT2D eigenvalue weighted by molar-refractivity contribution is -0.384. The zero-order valence-corrected chi connectivity index (χ0v) is 15.8. The van der Waals surface area contributed by atoms with Crippen LogP contribution in [0.1, 0.15) is 22.8 Å². The monoisotopic (exact) mass is 408 g/mol. The number of nitrogens with one attached hydrogen (secondary N) is 1. The van der Waals surface area contributed by atoms with Crippen LogP contribution < -0.4 is 15.7 Å². The van der Waals surface area contributed by atoms with Crippen molar-refractivity contribution in [3.8, 4) is 5.75 Å². The van der Waals surface area contributed by atoms with Crippen LogP contribution in [-0.2, 0) is 4.79 Å². The number of hydrogen-bond acceptors (Lipinski definition) is 7. The Hall–Kier alpha value is -4.27. The van der Waals surface area contributed by atoms with Gasteiger partial charge in [0.2, 0.25) is 0 Å². The minimum Gasteiger partial charge on any atom is -0.423 e. The molecule has 0 saturated carbocycles. The Morgan fingerprint density at radius 3 is 2.73 bits per heavy atom. The van der Waals surface area contributed by atoms with Crippen molar-refractivity contribution < 1.29 is 23.7 Å². The Balaban J connectivity index is 1.77. The molecule has 0 fully saturated rings. The van der Waals surface area contributed by atoms with Crippen LogP contribution >= 0.6 is 0 Å². The van der Waals surface area contributed by atoms with Gasteiger partial charge in [0, 0.05) is 36.2 Å². The van der Waals surface area contributed by atoms with Gasteiger partial charge in [-0.25, -0.2) is 9.59 Å². The van der Waals surface area contributed by atoms with E-state index in [0.717, 1.165) is 6.08 Å². The van der Waals surface area contributed by atoms with Crippen molar-refractivity contribution in [2.45, 2.75) is 6.92 Å². The minimum atomic E-state index is -0.803. The number of nitro groups is 1. The number of rotatable bonds is 6. The fraction of sp³-hybridized carbons (Fsp3) is 0.0952. The predicted molar refractivity (Wildman–Crippen MR) is 108 cm³/mol. The molecular weight excluding hydrogens is 392 g/mol. The summed E-state index contributed by atoms with van der Waals surface area (Å²) in [5.74, 6) is -1.12. The quantitative estimate of drug-likeness (QED) is 0.166. The molecule has 30 heavy (non-hydrogen) atoms. The van der Waals surface area contributed by atoms with Gasteiger partial charge in [0.25, 0.3) is 11.6 Å². The molecule has 0 aliphatic rings. The van der Waals surface area contributed by atoms with E-state index in [1.54, 1.807) is 19.1 Å². The van der Waals surface area contributed by atoms with Gasteiger partial charge in [-0.1, -0.05) is 12.1 Å². The minimum absolute atomic E-state index is 0.0953. The van der Waals surface area contributed by atoms with Crippen LogP contribution in [0.15, 0.2) is 63.8 Å². The fourth-order valence-corrected chi connectivity index (χ4v) is 2.63. The molecule has 152 valence electrons. The summed E-state index contributed by atoms with van der Waals surface area (Å²) in [4.78, 5) is 46.2. The third kappa shape index (κ3) is 4.76. The van der Waals surface area contributed by atoms with Crippen molar-refractivity contribution in [3.63, 3.8) is 0 Å². The molecule has 0 saturated heterocycles. The van der Waals surface area contributed by atoms with E-state index in [-0.39, 0.29) is 22.6 Å². The summed E-state index contributed by atoms with van der Waals surface area (Å²) in [6.45, 7) is 2.10. The van der Waals surface area contributed by atoms with E-state index in [1.807, 2.05) is 0 Å². The van der Waals surface area contributed by atoms with Crippen molar-refractivity contribution in [2.75, 3.05) is 6.54 Å². The molecule has 0 aliphatic carbocycles. The van der Waals surface area contributed by atoms with Gasteiger partial charge in [-0.05, 0) is 36.8 Å². The molecular formula is C21H16N2O7. The lowest BCUT2D eigenvalue weighted by atomic mass is 10.1. The smallest absolute Gasteiger partial charge is 0.349 e. The standard InChI is InChI=1S/C21H16N2O7/c1-2-22-20(25)17-11-14-7-8-16(12-18(14)30-21(17)26)29-19(24)9-6-13-4-3-5-15(10-13)23(27)28/h3-12H,2H2,1H3,(H,22,25)/b9-6+. The highest BCUT2D eigenvalue weighted by atomic mass is 16.6. The molecule has 3 rings (SSSR count). The predicted octanol–water partition coefficient (Wildman–Crippen LogP) is 3.07. The number of nitrogens with zero attached hydrogens (tertiary/aromatic N) is 1. The van der Waals surface area contributed by atoms with Gasteiger partial charge in [-0.3, -0.25) is 14.9 Å². The van der Waals surface area contributed by atoms with E-state index in [4.69, 9.17) is 9.15 Å². The Bertz CT molecular complexity index is 1230. The Morgan fingerprint density at radius 1 is 1.20 bits per heavy atom. The molecule has 1 amide bonds. The number of amides is 1. The molecule has 0 spiro atoms. The van der Waals surface area contributed by atoms with E-state index in [9.17, 15) is 24.5 Å². The molecule has 2 aromatic carbocycles. The van der Waals surface area contributed by atoms with Crippen LogP contribution in [0.2, 0.25) is 0 Å². The highest BCUT2D eigenvalue weighted by Gasteiger charge is 2.13. The zero-order valence-electron chi connectivity index (χ0n) is 15.8. The summed E-state index contributed by atoms with van der Waals surface area (Å²) in [5.41, 5.74) is -0.400. The summed E-state index contributed by atoms with van der Waals surface area (Å²) in [7, 11) is 0. The highest BCUT2D eigenvalue weighted by Crippen LogP contribution is 2.21. The van der Waals surface area contributed by atoms with E-state index in [1.165, 1.54) is 42.5 Å². The number of ether oxygens (including phenoxy) is 1. The third-order valence-electron chi connectivity index (χ3n) is 4.00. The van der Waals surface area contributed by atoms with Gasteiger partial charge in [0.05, 0.1) is 4.92 Å². The molecule has 0 radical (unpaired) electrons. The lowest BCUT2D eigenvalue weighted by Gasteiger charge is -2.05. The zero-order chi connectivity index (χ0) is 21.7. The van der Waals surface area contributed by atoms with Crippen molar-refractivity contribution >= 4 is 34.6 Å². The van der Waals surface area contributed by atoms with Crippen LogP contribution in [0.25, 0.3) is 17.0 Å². The Kier molecular flexibility index (Phi) is 6.02. The van der Waals surface area contributed by atoms with Crippen LogP contribution in [-0.4, -0.2) is 23.3 Å². The number of esters is 1. The number of benzene rings is 2. The lowest BCUT2D eigenvalue weighted by Crippen LogP contribution is -2.27. The van der Waals surface area contributed by atoms with Crippen LogP contribution in [0.5, 0.6) is 5.75 Å². The molecule has 9 nitrogen and oxygen atoms in total. The number of carbonyl (C=O) groups is 2. The largest absolute Gasteiger partial charge is 0.423 e. The van der Waals surface area contributed by atoms with Crippen molar-refractivity contribution in [1.82, 2.24) is 5.32 Å². The first kappa shape index (κ1) is 20.5. The summed E-state index contributed by atoms with van der Waals surface area (Å²) in [6.07, 6.45) is 2.51. The van der Waals surface area contributed by atoms with Gasteiger partial charge >= 0.3 is 11.6 Å². The highest BCUT2D eigenvalue weighted by molar-refractivity contribution is 5.97. The van der Waals surface area contributed by atoms with E-state index < -0.39 is 22.4 Å². The third-order valence-corrected chi connectivity index (χ3v) is 4.00. The molecule has 0 unspecified atom stereocenters. The number of hydrogen-bond donors (Lipinski definition) is 1. The first-order valence-electron chi connectivity index (χ1n) is 8.88. The average molecular weight is 408 g/mol. The topological polar surface area (TPSA) is 129 Å².